The fourth-order valence-electron chi connectivity index (χ4n) is 7.65. The summed E-state index contributed by atoms with van der Waals surface area (Å²) in [6.07, 6.45) is 4.92. The Bertz CT molecular complexity index is 2230. The third-order valence-electron chi connectivity index (χ3n) is 10.2. The molecule has 0 radical (unpaired) electrons. The van der Waals surface area contributed by atoms with Gasteiger partial charge in [-0.3, -0.25) is 43.8 Å². The molecule has 50 heavy (non-hydrogen) atoms. The van der Waals surface area contributed by atoms with E-state index >= 15 is 0 Å². The molecule has 10 nitrogen and oxygen atoms in total. The number of nitrogens with one attached hydrogen (secondary N) is 1. The standard InChI is InChI=1S/C38H33F2N5O5/c1-21-26-6-3-22(23-4-7-27-30-20-41-13-11-31(30)44(38(39)40)33(27)18-23)17-24(26)12-15-43(21)14-2-16-50-25-5-8-28-29(19-25)37(49)45(36(28)48)32-9-10-34(46)42-35(32)47/h3-8,11,13,17-21,32,38H,2,9-10,12,14-16H2,1H3,(H,42,46,47). The van der Waals surface area contributed by atoms with E-state index in [2.05, 4.69) is 40.3 Å². The number of halogens is 2. The quantitative estimate of drug-likeness (QED) is 0.157. The normalized spacial score (nSPS) is 19.4. The second-order valence-corrected chi connectivity index (χ2v) is 13.0. The Kier molecular flexibility index (Phi) is 7.90. The number of carbonyl (C=O) groups is 4. The van der Waals surface area contributed by atoms with Gasteiger partial charge in [-0.15, -0.1) is 0 Å². The van der Waals surface area contributed by atoms with Gasteiger partial charge in [0.05, 0.1) is 28.8 Å². The van der Waals surface area contributed by atoms with Gasteiger partial charge in [0.1, 0.15) is 11.8 Å². The van der Waals surface area contributed by atoms with E-state index in [1.165, 1.54) is 17.3 Å². The van der Waals surface area contributed by atoms with Gasteiger partial charge in [-0.2, -0.15) is 8.78 Å². The predicted molar refractivity (Wildman–Crippen MR) is 181 cm³/mol. The zero-order valence-corrected chi connectivity index (χ0v) is 27.2. The summed E-state index contributed by atoms with van der Waals surface area (Å²) in [6.45, 7) is 1.55. The molecule has 5 aromatic rings. The van der Waals surface area contributed by atoms with Crippen molar-refractivity contribution in [3.63, 3.8) is 0 Å². The van der Waals surface area contributed by atoms with Crippen LogP contribution < -0.4 is 10.1 Å². The number of alkyl halides is 2. The van der Waals surface area contributed by atoms with E-state index in [1.54, 1.807) is 30.5 Å². The van der Waals surface area contributed by atoms with Crippen molar-refractivity contribution in [1.29, 1.82) is 0 Å². The van der Waals surface area contributed by atoms with Crippen LogP contribution in [0.1, 0.15) is 70.6 Å². The van der Waals surface area contributed by atoms with Crippen LogP contribution in [0.3, 0.4) is 0 Å². The third-order valence-corrected chi connectivity index (χ3v) is 10.2. The average molecular weight is 678 g/mol. The molecule has 3 aromatic carbocycles. The number of nitrogens with zero attached hydrogens (tertiary/aromatic N) is 4. The van der Waals surface area contributed by atoms with E-state index in [0.29, 0.717) is 28.8 Å². The number of benzene rings is 3. The van der Waals surface area contributed by atoms with E-state index in [0.717, 1.165) is 51.9 Å². The van der Waals surface area contributed by atoms with Crippen molar-refractivity contribution in [3.8, 4) is 16.9 Å². The molecule has 0 bridgehead atoms. The monoisotopic (exact) mass is 677 g/mol. The zero-order chi connectivity index (χ0) is 34.7. The lowest BCUT2D eigenvalue weighted by Crippen LogP contribution is -2.54. The average Bonchev–Trinajstić information content (AvgIpc) is 3.57. The highest BCUT2D eigenvalue weighted by molar-refractivity contribution is 6.23. The number of imide groups is 2. The van der Waals surface area contributed by atoms with Crippen LogP contribution in [0.2, 0.25) is 0 Å². The maximum atomic E-state index is 14.1. The molecular weight excluding hydrogens is 644 g/mol. The van der Waals surface area contributed by atoms with Crippen molar-refractivity contribution >= 4 is 45.4 Å². The largest absolute Gasteiger partial charge is 0.494 e. The zero-order valence-electron chi connectivity index (χ0n) is 27.2. The Morgan fingerprint density at radius 2 is 1.70 bits per heavy atom. The highest BCUT2D eigenvalue weighted by atomic mass is 19.3. The van der Waals surface area contributed by atoms with Gasteiger partial charge in [0.15, 0.2) is 0 Å². The van der Waals surface area contributed by atoms with Crippen molar-refractivity contribution in [1.82, 2.24) is 24.7 Å². The number of aromatic nitrogens is 2. The topological polar surface area (TPSA) is 114 Å². The molecule has 5 heterocycles. The molecule has 3 aliphatic rings. The second-order valence-electron chi connectivity index (χ2n) is 13.0. The molecule has 8 rings (SSSR count). The van der Waals surface area contributed by atoms with E-state index in [1.807, 2.05) is 18.2 Å². The number of amides is 4. The maximum absolute atomic E-state index is 14.1. The number of fused-ring (bicyclic) bond motifs is 5. The minimum absolute atomic E-state index is 0.0640. The molecule has 1 fully saturated rings. The minimum Gasteiger partial charge on any atom is -0.494 e. The first-order valence-corrected chi connectivity index (χ1v) is 16.7. The van der Waals surface area contributed by atoms with E-state index in [-0.39, 0.29) is 30.0 Å². The maximum Gasteiger partial charge on any atom is 0.319 e. The lowest BCUT2D eigenvalue weighted by Gasteiger charge is -2.35. The molecule has 2 atom stereocenters. The number of piperidine rings is 1. The number of pyridine rings is 1. The van der Waals surface area contributed by atoms with E-state index < -0.39 is 36.2 Å². The minimum atomic E-state index is -2.67. The van der Waals surface area contributed by atoms with Gasteiger partial charge in [0.25, 0.3) is 11.8 Å². The lowest BCUT2D eigenvalue weighted by molar-refractivity contribution is -0.136. The lowest BCUT2D eigenvalue weighted by atomic mass is 9.90. The van der Waals surface area contributed by atoms with Gasteiger partial charge in [0, 0.05) is 48.7 Å². The van der Waals surface area contributed by atoms with Gasteiger partial charge in [-0.1, -0.05) is 30.3 Å². The molecule has 12 heteroatoms. The van der Waals surface area contributed by atoms with Crippen LogP contribution >= 0.6 is 0 Å². The van der Waals surface area contributed by atoms with Crippen molar-refractivity contribution in [2.75, 3.05) is 19.7 Å². The van der Waals surface area contributed by atoms with Crippen LogP contribution in [0.15, 0.2) is 73.1 Å². The molecule has 1 saturated heterocycles. The molecule has 4 amide bonds. The van der Waals surface area contributed by atoms with Crippen molar-refractivity contribution in [3.05, 3.63) is 95.3 Å². The SMILES string of the molecule is CC1c2ccc(-c3ccc4c5cnccc5n(C(F)F)c4c3)cc2CCN1CCCOc1ccc2c(c1)C(=O)N(C1CCC(=O)NC1=O)C2=O. The molecule has 0 aliphatic carbocycles. The number of ether oxygens (including phenoxy) is 1. The van der Waals surface area contributed by atoms with Crippen LogP contribution in [0.25, 0.3) is 32.9 Å². The van der Waals surface area contributed by atoms with Gasteiger partial charge < -0.3 is 4.74 Å². The Balaban J connectivity index is 0.907. The van der Waals surface area contributed by atoms with Crippen LogP contribution in [-0.4, -0.2) is 68.7 Å². The van der Waals surface area contributed by atoms with Gasteiger partial charge in [0.2, 0.25) is 11.8 Å². The number of hydrogen-bond acceptors (Lipinski definition) is 7. The first-order valence-electron chi connectivity index (χ1n) is 16.7. The summed E-state index contributed by atoms with van der Waals surface area (Å²) < 4.78 is 35.3. The summed E-state index contributed by atoms with van der Waals surface area (Å²) in [7, 11) is 0. The molecule has 0 spiro atoms. The van der Waals surface area contributed by atoms with Crippen LogP contribution in [-0.2, 0) is 16.0 Å². The molecule has 3 aliphatic heterocycles. The van der Waals surface area contributed by atoms with Crippen LogP contribution in [0, 0.1) is 0 Å². The Morgan fingerprint density at radius 1 is 0.900 bits per heavy atom. The molecule has 2 unspecified atom stereocenters. The van der Waals surface area contributed by atoms with E-state index in [9.17, 15) is 28.0 Å². The first-order chi connectivity index (χ1) is 24.2. The third kappa shape index (κ3) is 5.30. The fourth-order valence-corrected chi connectivity index (χ4v) is 7.65. The van der Waals surface area contributed by atoms with Crippen molar-refractivity contribution < 1.29 is 32.7 Å². The summed E-state index contributed by atoms with van der Waals surface area (Å²) >= 11 is 0. The van der Waals surface area contributed by atoms with Crippen molar-refractivity contribution in [2.45, 2.75) is 51.2 Å². The molecule has 254 valence electrons. The highest BCUT2D eigenvalue weighted by Gasteiger charge is 2.44. The Hall–Kier alpha value is -5.49. The second kappa shape index (κ2) is 12.4. The van der Waals surface area contributed by atoms with E-state index in [4.69, 9.17) is 4.74 Å². The molecule has 1 N–H and O–H groups in total. The summed E-state index contributed by atoms with van der Waals surface area (Å²) in [5.41, 5.74) is 5.68. The highest BCUT2D eigenvalue weighted by Crippen LogP contribution is 2.37. The number of hydrogen-bond donors (Lipinski definition) is 1. The Morgan fingerprint density at radius 3 is 2.52 bits per heavy atom. The van der Waals surface area contributed by atoms with Gasteiger partial charge in [-0.25, -0.2) is 0 Å². The first kappa shape index (κ1) is 31.8. The summed E-state index contributed by atoms with van der Waals surface area (Å²) in [5.74, 6) is -1.71. The fraction of sp³-hybridized carbons (Fsp3) is 0.289. The Labute approximate surface area is 285 Å². The summed E-state index contributed by atoms with van der Waals surface area (Å²) in [6, 6.07) is 17.6. The summed E-state index contributed by atoms with van der Waals surface area (Å²) in [5, 5.41) is 3.66. The van der Waals surface area contributed by atoms with Crippen molar-refractivity contribution in [2.24, 2.45) is 0 Å². The molecule has 2 aromatic heterocycles. The predicted octanol–water partition coefficient (Wildman–Crippen LogP) is 6.04. The number of carbonyl (C=O) groups excluding carboxylic acids is 4. The molecule has 0 saturated carbocycles. The smallest absolute Gasteiger partial charge is 0.319 e. The summed E-state index contributed by atoms with van der Waals surface area (Å²) in [4.78, 5) is 57.5. The van der Waals surface area contributed by atoms with Gasteiger partial charge in [-0.05, 0) is 78.8 Å². The molecular formula is C38H33F2N5O5. The van der Waals surface area contributed by atoms with Crippen LogP contribution in [0.4, 0.5) is 8.78 Å². The van der Waals surface area contributed by atoms with Crippen LogP contribution in [0.5, 0.6) is 5.75 Å². The number of rotatable bonds is 8. The van der Waals surface area contributed by atoms with Gasteiger partial charge >= 0.3 is 6.55 Å².